The Hall–Kier alpha value is -2.56. The van der Waals surface area contributed by atoms with Gasteiger partial charge in [-0.15, -0.1) is 0 Å². The number of nitriles is 1. The molecule has 0 radical (unpaired) electrons. The summed E-state index contributed by atoms with van der Waals surface area (Å²) in [6, 6.07) is 11.9. The SMILES string of the molecule is N#C/C(=C1/Nc2ccccc2S1)c1ccnc(NCCCO)n1. The van der Waals surface area contributed by atoms with Gasteiger partial charge in [0, 0.05) is 24.2 Å². The van der Waals surface area contributed by atoms with Gasteiger partial charge in [-0.3, -0.25) is 0 Å². The highest BCUT2D eigenvalue weighted by molar-refractivity contribution is 8.04. The molecule has 2 aromatic rings. The average Bonchev–Trinajstić information content (AvgIpc) is 3.00. The molecule has 0 aliphatic carbocycles. The van der Waals surface area contributed by atoms with E-state index in [1.807, 2.05) is 24.3 Å². The summed E-state index contributed by atoms with van der Waals surface area (Å²) in [6.45, 7) is 0.690. The number of benzene rings is 1. The zero-order valence-electron chi connectivity index (χ0n) is 12.3. The van der Waals surface area contributed by atoms with Crippen molar-refractivity contribution < 1.29 is 5.11 Å². The standard InChI is InChI=1S/C16H15N5OS/c17-10-11(15-20-13-4-1-2-5-14(13)23-15)12-6-8-19-16(21-12)18-7-3-9-22/h1-2,4-6,8,20,22H,3,7,9H2,(H,18,19,21)/b15-11+. The van der Waals surface area contributed by atoms with E-state index in [-0.39, 0.29) is 6.61 Å². The van der Waals surface area contributed by atoms with Crippen molar-refractivity contribution in [2.75, 3.05) is 23.8 Å². The predicted octanol–water partition coefficient (Wildman–Crippen LogP) is 2.68. The normalized spacial score (nSPS) is 14.6. The Morgan fingerprint density at radius 3 is 3.00 bits per heavy atom. The third kappa shape index (κ3) is 3.44. The van der Waals surface area contributed by atoms with Crippen molar-refractivity contribution in [3.63, 3.8) is 0 Å². The number of nitrogens with one attached hydrogen (secondary N) is 2. The number of thioether (sulfide) groups is 1. The molecule has 23 heavy (non-hydrogen) atoms. The minimum atomic E-state index is 0.110. The van der Waals surface area contributed by atoms with Gasteiger partial charge in [-0.1, -0.05) is 23.9 Å². The minimum absolute atomic E-state index is 0.110. The van der Waals surface area contributed by atoms with E-state index in [0.717, 1.165) is 15.6 Å². The molecule has 6 nitrogen and oxygen atoms in total. The number of nitrogens with zero attached hydrogens (tertiary/aromatic N) is 3. The Kier molecular flexibility index (Phi) is 4.76. The van der Waals surface area contributed by atoms with Gasteiger partial charge in [-0.05, 0) is 24.6 Å². The molecule has 0 saturated heterocycles. The van der Waals surface area contributed by atoms with Crippen LogP contribution in [0.25, 0.3) is 5.57 Å². The second-order valence-corrected chi connectivity index (χ2v) is 5.86. The van der Waals surface area contributed by atoms with Crippen LogP contribution in [0.5, 0.6) is 0 Å². The molecule has 1 aliphatic heterocycles. The van der Waals surface area contributed by atoms with E-state index >= 15 is 0 Å². The van der Waals surface area contributed by atoms with E-state index in [0.29, 0.717) is 30.2 Å². The van der Waals surface area contributed by atoms with Crippen LogP contribution in [-0.4, -0.2) is 28.2 Å². The van der Waals surface area contributed by atoms with Crippen LogP contribution in [0.2, 0.25) is 0 Å². The fourth-order valence-electron chi connectivity index (χ4n) is 2.12. The molecule has 3 rings (SSSR count). The largest absolute Gasteiger partial charge is 0.396 e. The minimum Gasteiger partial charge on any atom is -0.396 e. The van der Waals surface area contributed by atoms with Crippen LogP contribution >= 0.6 is 11.8 Å². The maximum atomic E-state index is 9.55. The van der Waals surface area contributed by atoms with Crippen LogP contribution < -0.4 is 10.6 Å². The molecule has 116 valence electrons. The van der Waals surface area contributed by atoms with Gasteiger partial charge in [-0.25, -0.2) is 9.97 Å². The highest BCUT2D eigenvalue weighted by Crippen LogP contribution is 2.43. The highest BCUT2D eigenvalue weighted by atomic mass is 32.2. The Balaban J connectivity index is 1.86. The van der Waals surface area contributed by atoms with E-state index in [4.69, 9.17) is 5.11 Å². The summed E-state index contributed by atoms with van der Waals surface area (Å²) in [5.41, 5.74) is 2.05. The average molecular weight is 325 g/mol. The lowest BCUT2D eigenvalue weighted by atomic mass is 10.2. The van der Waals surface area contributed by atoms with E-state index in [1.54, 1.807) is 12.3 Å². The quantitative estimate of drug-likeness (QED) is 0.575. The zero-order valence-corrected chi connectivity index (χ0v) is 13.1. The predicted molar refractivity (Wildman–Crippen MR) is 90.7 cm³/mol. The van der Waals surface area contributed by atoms with Crippen molar-refractivity contribution in [1.29, 1.82) is 5.26 Å². The Labute approximate surface area is 138 Å². The number of allylic oxidation sites excluding steroid dienone is 1. The first-order valence-corrected chi connectivity index (χ1v) is 8.00. The summed E-state index contributed by atoms with van der Waals surface area (Å²) >= 11 is 1.52. The summed E-state index contributed by atoms with van der Waals surface area (Å²) in [6.07, 6.45) is 2.24. The maximum Gasteiger partial charge on any atom is 0.223 e. The molecule has 7 heteroatoms. The van der Waals surface area contributed by atoms with E-state index in [9.17, 15) is 5.26 Å². The first-order valence-electron chi connectivity index (χ1n) is 7.18. The molecular weight excluding hydrogens is 310 g/mol. The van der Waals surface area contributed by atoms with Crippen LogP contribution in [0.1, 0.15) is 12.1 Å². The Morgan fingerprint density at radius 1 is 1.35 bits per heavy atom. The molecule has 3 N–H and O–H groups in total. The number of para-hydroxylation sites is 1. The summed E-state index contributed by atoms with van der Waals surface area (Å²) < 4.78 is 0. The Bertz CT molecular complexity index is 757. The molecule has 2 heterocycles. The summed E-state index contributed by atoms with van der Waals surface area (Å²) in [5.74, 6) is 0.449. The van der Waals surface area contributed by atoms with E-state index in [2.05, 4.69) is 26.7 Å². The fraction of sp³-hybridized carbons (Fsp3) is 0.188. The maximum absolute atomic E-state index is 9.55. The van der Waals surface area contributed by atoms with Crippen LogP contribution in [0, 0.1) is 11.3 Å². The van der Waals surface area contributed by atoms with Gasteiger partial charge in [0.2, 0.25) is 5.95 Å². The number of fused-ring (bicyclic) bond motifs is 1. The molecule has 0 fully saturated rings. The molecule has 0 atom stereocenters. The van der Waals surface area contributed by atoms with E-state index < -0.39 is 0 Å². The molecular formula is C16H15N5OS. The second kappa shape index (κ2) is 7.13. The smallest absolute Gasteiger partial charge is 0.223 e. The third-order valence-corrected chi connectivity index (χ3v) is 4.30. The molecule has 1 aromatic carbocycles. The van der Waals surface area contributed by atoms with Gasteiger partial charge < -0.3 is 15.7 Å². The van der Waals surface area contributed by atoms with Gasteiger partial charge in [-0.2, -0.15) is 5.26 Å². The third-order valence-electron chi connectivity index (χ3n) is 3.22. The molecule has 1 aliphatic rings. The Morgan fingerprint density at radius 2 is 2.22 bits per heavy atom. The lowest BCUT2D eigenvalue weighted by Crippen LogP contribution is -2.08. The van der Waals surface area contributed by atoms with Crippen LogP contribution in [0.15, 0.2) is 46.5 Å². The van der Waals surface area contributed by atoms with Gasteiger partial charge in [0.15, 0.2) is 0 Å². The van der Waals surface area contributed by atoms with Crippen molar-refractivity contribution in [3.8, 4) is 6.07 Å². The molecule has 0 saturated carbocycles. The molecule has 1 aromatic heterocycles. The number of rotatable bonds is 5. The lowest BCUT2D eigenvalue weighted by Gasteiger charge is -2.07. The summed E-state index contributed by atoms with van der Waals surface area (Å²) in [4.78, 5) is 9.61. The highest BCUT2D eigenvalue weighted by Gasteiger charge is 2.20. The number of anilines is 2. The molecule has 0 unspecified atom stereocenters. The topological polar surface area (TPSA) is 93.9 Å². The number of aliphatic hydroxyl groups is 1. The van der Waals surface area contributed by atoms with Crippen molar-refractivity contribution in [2.45, 2.75) is 11.3 Å². The first-order chi connectivity index (χ1) is 11.3. The van der Waals surface area contributed by atoms with E-state index in [1.165, 1.54) is 11.8 Å². The van der Waals surface area contributed by atoms with Crippen LogP contribution in [-0.2, 0) is 0 Å². The van der Waals surface area contributed by atoms with Crippen LogP contribution in [0.4, 0.5) is 11.6 Å². The van der Waals surface area contributed by atoms with Gasteiger partial charge in [0.05, 0.1) is 16.4 Å². The number of hydrogen-bond donors (Lipinski definition) is 3. The van der Waals surface area contributed by atoms with Crippen molar-refractivity contribution in [1.82, 2.24) is 9.97 Å². The number of hydrogen-bond acceptors (Lipinski definition) is 7. The molecule has 0 bridgehead atoms. The van der Waals surface area contributed by atoms with Crippen molar-refractivity contribution in [3.05, 3.63) is 47.3 Å². The van der Waals surface area contributed by atoms with Crippen LogP contribution in [0.3, 0.4) is 0 Å². The van der Waals surface area contributed by atoms with Crippen molar-refractivity contribution >= 4 is 29.0 Å². The monoisotopic (exact) mass is 325 g/mol. The second-order valence-electron chi connectivity index (χ2n) is 4.81. The lowest BCUT2D eigenvalue weighted by molar-refractivity contribution is 0.292. The first kappa shape index (κ1) is 15.3. The van der Waals surface area contributed by atoms with Gasteiger partial charge >= 0.3 is 0 Å². The molecule has 0 spiro atoms. The van der Waals surface area contributed by atoms with Gasteiger partial charge in [0.1, 0.15) is 11.6 Å². The number of aromatic nitrogens is 2. The fourth-order valence-corrected chi connectivity index (χ4v) is 3.13. The summed E-state index contributed by atoms with van der Waals surface area (Å²) in [5, 5.41) is 25.4. The van der Waals surface area contributed by atoms with Gasteiger partial charge in [0.25, 0.3) is 0 Å². The molecule has 0 amide bonds. The number of aliphatic hydroxyl groups excluding tert-OH is 1. The summed E-state index contributed by atoms with van der Waals surface area (Å²) in [7, 11) is 0. The van der Waals surface area contributed by atoms with Crippen molar-refractivity contribution in [2.24, 2.45) is 0 Å². The zero-order chi connectivity index (χ0) is 16.1.